The molecule has 0 saturated heterocycles. The number of aromatic amines is 1. The molecule has 29 heavy (non-hydrogen) atoms. The molecule has 0 unspecified atom stereocenters. The van der Waals surface area contributed by atoms with E-state index in [0.29, 0.717) is 22.8 Å². The van der Waals surface area contributed by atoms with Crippen molar-refractivity contribution < 1.29 is 23.8 Å². The zero-order valence-corrected chi connectivity index (χ0v) is 15.9. The van der Waals surface area contributed by atoms with E-state index in [9.17, 15) is 14.4 Å². The number of hydrogen-bond acceptors (Lipinski definition) is 6. The molecule has 148 valence electrons. The Bertz CT molecular complexity index is 1170. The molecule has 0 saturated carbocycles. The van der Waals surface area contributed by atoms with E-state index < -0.39 is 18.1 Å². The van der Waals surface area contributed by atoms with Crippen molar-refractivity contribution in [3.63, 3.8) is 0 Å². The molecular weight excluding hydrogens is 376 g/mol. The van der Waals surface area contributed by atoms with Crippen molar-refractivity contribution in [2.75, 3.05) is 13.4 Å². The van der Waals surface area contributed by atoms with Gasteiger partial charge < -0.3 is 23.8 Å². The number of fused-ring (bicyclic) bond motifs is 1. The highest BCUT2D eigenvalue weighted by atomic mass is 16.7. The zero-order chi connectivity index (χ0) is 20.5. The van der Waals surface area contributed by atoms with Gasteiger partial charge in [0.05, 0.1) is 0 Å². The van der Waals surface area contributed by atoms with Gasteiger partial charge in [0, 0.05) is 34.9 Å². The van der Waals surface area contributed by atoms with Crippen LogP contribution >= 0.6 is 0 Å². The average molecular weight is 394 g/mol. The first-order chi connectivity index (χ1) is 14.0. The molecule has 0 spiro atoms. The van der Waals surface area contributed by atoms with Crippen molar-refractivity contribution in [2.24, 2.45) is 0 Å². The second-order valence-electron chi connectivity index (χ2n) is 6.57. The first-order valence-electron chi connectivity index (χ1n) is 8.92. The van der Waals surface area contributed by atoms with Crippen molar-refractivity contribution in [1.29, 1.82) is 0 Å². The summed E-state index contributed by atoms with van der Waals surface area (Å²) in [4.78, 5) is 38.8. The Balaban J connectivity index is 1.54. The van der Waals surface area contributed by atoms with E-state index in [4.69, 9.17) is 14.2 Å². The van der Waals surface area contributed by atoms with Gasteiger partial charge in [-0.1, -0.05) is 0 Å². The number of rotatable bonds is 5. The van der Waals surface area contributed by atoms with Crippen LogP contribution < -0.4 is 15.0 Å². The van der Waals surface area contributed by atoms with Gasteiger partial charge in [0.25, 0.3) is 5.56 Å². The molecule has 1 aliphatic heterocycles. The second kappa shape index (κ2) is 7.31. The van der Waals surface area contributed by atoms with Crippen LogP contribution in [-0.2, 0) is 4.74 Å². The van der Waals surface area contributed by atoms with E-state index in [2.05, 4.69) is 4.98 Å². The lowest BCUT2D eigenvalue weighted by atomic mass is 10.1. The third-order valence-electron chi connectivity index (χ3n) is 4.72. The SMILES string of the molecule is Cc1cc(C(=O)COC(=O)c2ccc[nH]c2=O)c(C)n1-c1ccc2c(c1)OCO2. The molecule has 0 radical (unpaired) electrons. The van der Waals surface area contributed by atoms with Gasteiger partial charge >= 0.3 is 5.97 Å². The number of H-pyrrole nitrogens is 1. The molecule has 8 heteroatoms. The molecule has 1 aromatic carbocycles. The van der Waals surface area contributed by atoms with Crippen LogP contribution in [0.5, 0.6) is 11.5 Å². The Kier molecular flexibility index (Phi) is 4.67. The van der Waals surface area contributed by atoms with Crippen LogP contribution in [0.15, 0.2) is 47.4 Å². The van der Waals surface area contributed by atoms with Gasteiger partial charge in [-0.25, -0.2) is 4.79 Å². The fourth-order valence-corrected chi connectivity index (χ4v) is 3.34. The lowest BCUT2D eigenvalue weighted by Gasteiger charge is -2.11. The van der Waals surface area contributed by atoms with Crippen molar-refractivity contribution in [2.45, 2.75) is 13.8 Å². The maximum absolute atomic E-state index is 12.6. The van der Waals surface area contributed by atoms with Crippen LogP contribution in [0.25, 0.3) is 5.69 Å². The van der Waals surface area contributed by atoms with Crippen molar-refractivity contribution in [3.8, 4) is 17.2 Å². The highest BCUT2D eigenvalue weighted by molar-refractivity contribution is 6.00. The minimum atomic E-state index is -0.843. The molecule has 0 aliphatic carbocycles. The fourth-order valence-electron chi connectivity index (χ4n) is 3.34. The summed E-state index contributed by atoms with van der Waals surface area (Å²) in [7, 11) is 0. The predicted molar refractivity (Wildman–Crippen MR) is 103 cm³/mol. The number of carbonyl (C=O) groups excluding carboxylic acids is 2. The summed E-state index contributed by atoms with van der Waals surface area (Å²) in [5, 5.41) is 0. The molecule has 3 aromatic rings. The summed E-state index contributed by atoms with van der Waals surface area (Å²) in [6.07, 6.45) is 1.41. The standard InChI is InChI=1S/C21H18N2O6/c1-12-8-16(17(24)10-27-21(26)15-4-3-7-22-20(15)25)13(2)23(12)14-5-6-18-19(9-14)29-11-28-18/h3-9H,10-11H2,1-2H3,(H,22,25). The number of Topliss-reactive ketones (excluding diaryl/α,β-unsaturated/α-hetero) is 1. The third-order valence-corrected chi connectivity index (χ3v) is 4.72. The maximum atomic E-state index is 12.6. The molecule has 0 atom stereocenters. The Labute approximate surface area is 165 Å². The molecule has 0 amide bonds. The summed E-state index contributed by atoms with van der Waals surface area (Å²) in [6, 6.07) is 10.1. The summed E-state index contributed by atoms with van der Waals surface area (Å²) in [5.74, 6) is 0.121. The van der Waals surface area contributed by atoms with Crippen LogP contribution in [0, 0.1) is 13.8 Å². The maximum Gasteiger partial charge on any atom is 0.344 e. The normalized spacial score (nSPS) is 12.1. The van der Waals surface area contributed by atoms with Crippen LogP contribution in [0.2, 0.25) is 0 Å². The molecule has 8 nitrogen and oxygen atoms in total. The molecule has 3 heterocycles. The number of carbonyl (C=O) groups is 2. The number of ether oxygens (including phenoxy) is 3. The number of hydrogen-bond donors (Lipinski definition) is 1. The minimum absolute atomic E-state index is 0.147. The number of aromatic nitrogens is 2. The van der Waals surface area contributed by atoms with E-state index in [1.54, 1.807) is 6.07 Å². The summed E-state index contributed by atoms with van der Waals surface area (Å²) in [5.41, 5.74) is 2.11. The number of esters is 1. The lowest BCUT2D eigenvalue weighted by Crippen LogP contribution is -2.21. The summed E-state index contributed by atoms with van der Waals surface area (Å²) < 4.78 is 17.7. The highest BCUT2D eigenvalue weighted by Crippen LogP contribution is 2.34. The molecule has 0 bridgehead atoms. The third kappa shape index (κ3) is 3.40. The Morgan fingerprint density at radius 1 is 1.10 bits per heavy atom. The molecule has 2 aromatic heterocycles. The van der Waals surface area contributed by atoms with Gasteiger partial charge in [-0.05, 0) is 44.2 Å². The zero-order valence-electron chi connectivity index (χ0n) is 15.9. The van der Waals surface area contributed by atoms with Gasteiger partial charge in [-0.15, -0.1) is 0 Å². The van der Waals surface area contributed by atoms with E-state index in [1.165, 1.54) is 18.3 Å². The Hall–Kier alpha value is -3.81. The molecule has 1 N–H and O–H groups in total. The second-order valence-corrected chi connectivity index (χ2v) is 6.57. The summed E-state index contributed by atoms with van der Waals surface area (Å²) >= 11 is 0. The fraction of sp³-hybridized carbons (Fsp3) is 0.190. The van der Waals surface area contributed by atoms with E-state index in [-0.39, 0.29) is 18.1 Å². The Morgan fingerprint density at radius 3 is 2.69 bits per heavy atom. The lowest BCUT2D eigenvalue weighted by molar-refractivity contribution is 0.0472. The van der Waals surface area contributed by atoms with Crippen LogP contribution in [0.1, 0.15) is 32.1 Å². The predicted octanol–water partition coefficient (Wildman–Crippen LogP) is 2.55. The van der Waals surface area contributed by atoms with E-state index in [0.717, 1.165) is 11.4 Å². The number of ketones is 1. The van der Waals surface area contributed by atoms with Gasteiger partial charge in [-0.2, -0.15) is 0 Å². The van der Waals surface area contributed by atoms with Gasteiger partial charge in [0.1, 0.15) is 5.56 Å². The van der Waals surface area contributed by atoms with Gasteiger partial charge in [-0.3, -0.25) is 9.59 Å². The van der Waals surface area contributed by atoms with Crippen LogP contribution in [0.4, 0.5) is 0 Å². The first-order valence-corrected chi connectivity index (χ1v) is 8.92. The smallest absolute Gasteiger partial charge is 0.344 e. The van der Waals surface area contributed by atoms with Crippen LogP contribution in [-0.4, -0.2) is 34.7 Å². The number of pyridine rings is 1. The average Bonchev–Trinajstić information content (AvgIpc) is 3.29. The molecular formula is C21H18N2O6. The monoisotopic (exact) mass is 394 g/mol. The van der Waals surface area contributed by atoms with Crippen molar-refractivity contribution in [3.05, 3.63) is 75.5 Å². The van der Waals surface area contributed by atoms with Crippen molar-refractivity contribution >= 4 is 11.8 Å². The minimum Gasteiger partial charge on any atom is -0.454 e. The number of aryl methyl sites for hydroxylation is 1. The highest BCUT2D eigenvalue weighted by Gasteiger charge is 2.21. The Morgan fingerprint density at radius 2 is 1.90 bits per heavy atom. The molecule has 4 rings (SSSR count). The first kappa shape index (κ1) is 18.5. The van der Waals surface area contributed by atoms with Gasteiger partial charge in [0.15, 0.2) is 18.1 Å². The molecule has 1 aliphatic rings. The number of nitrogens with one attached hydrogen (secondary N) is 1. The number of nitrogens with zero attached hydrogens (tertiary/aromatic N) is 1. The van der Waals surface area contributed by atoms with E-state index >= 15 is 0 Å². The van der Waals surface area contributed by atoms with Crippen molar-refractivity contribution in [1.82, 2.24) is 9.55 Å². The quantitative estimate of drug-likeness (QED) is 0.527. The van der Waals surface area contributed by atoms with E-state index in [1.807, 2.05) is 36.6 Å². The van der Waals surface area contributed by atoms with Crippen LogP contribution in [0.3, 0.4) is 0 Å². The topological polar surface area (TPSA) is 99.6 Å². The number of benzene rings is 1. The van der Waals surface area contributed by atoms with Gasteiger partial charge in [0.2, 0.25) is 12.6 Å². The molecule has 0 fully saturated rings. The largest absolute Gasteiger partial charge is 0.454 e. The summed E-state index contributed by atoms with van der Waals surface area (Å²) in [6.45, 7) is 3.42.